The molecule has 0 fully saturated rings. The molecule has 0 aliphatic rings. The van der Waals surface area contributed by atoms with Gasteiger partial charge in [-0.25, -0.2) is 4.99 Å². The van der Waals surface area contributed by atoms with Crippen molar-refractivity contribution in [1.29, 1.82) is 0 Å². The lowest BCUT2D eigenvalue weighted by Gasteiger charge is -2.18. The highest BCUT2D eigenvalue weighted by Gasteiger charge is 2.18. The van der Waals surface area contributed by atoms with E-state index in [9.17, 15) is 0 Å². The molecule has 0 radical (unpaired) electrons. The van der Waals surface area contributed by atoms with Crippen molar-refractivity contribution in [3.8, 4) is 11.1 Å². The molecule has 0 amide bonds. The van der Waals surface area contributed by atoms with E-state index in [-0.39, 0.29) is 0 Å². The molecule has 0 aliphatic heterocycles. The summed E-state index contributed by atoms with van der Waals surface area (Å²) < 4.78 is 0. The third-order valence-electron chi connectivity index (χ3n) is 5.97. The van der Waals surface area contributed by atoms with Crippen LogP contribution in [-0.2, 0) is 6.54 Å². The van der Waals surface area contributed by atoms with E-state index < -0.39 is 0 Å². The van der Waals surface area contributed by atoms with Gasteiger partial charge in [0, 0.05) is 30.5 Å². The Morgan fingerprint density at radius 3 is 2.11 bits per heavy atom. The molecule has 2 rings (SSSR count). The Morgan fingerprint density at radius 2 is 1.57 bits per heavy atom. The summed E-state index contributed by atoms with van der Waals surface area (Å²) in [5, 5.41) is 3.38. The summed E-state index contributed by atoms with van der Waals surface area (Å²) in [6.45, 7) is 20.8. The van der Waals surface area contributed by atoms with E-state index in [1.54, 1.807) is 13.1 Å². The van der Waals surface area contributed by atoms with E-state index in [0.717, 1.165) is 39.3 Å². The maximum Gasteiger partial charge on any atom is 0.119 e. The monoisotopic (exact) mass is 489 g/mol. The van der Waals surface area contributed by atoms with Crippen molar-refractivity contribution in [2.75, 3.05) is 7.05 Å². The summed E-state index contributed by atoms with van der Waals surface area (Å²) in [4.78, 5) is 9.42. The second-order valence-corrected chi connectivity index (χ2v) is 8.45. The van der Waals surface area contributed by atoms with Gasteiger partial charge in [-0.3, -0.25) is 4.99 Å². The van der Waals surface area contributed by atoms with E-state index in [2.05, 4.69) is 90.7 Å². The molecular formula is C34H39N3. The Balaban J connectivity index is 2.43. The molecule has 37 heavy (non-hydrogen) atoms. The molecule has 2 aromatic carbocycles. The van der Waals surface area contributed by atoms with Crippen LogP contribution in [0.1, 0.15) is 33.3 Å². The van der Waals surface area contributed by atoms with Gasteiger partial charge in [-0.05, 0) is 55.5 Å². The first-order chi connectivity index (χ1) is 17.9. The quantitative estimate of drug-likeness (QED) is 0.235. The summed E-state index contributed by atoms with van der Waals surface area (Å²) in [5.74, 6) is 0.566. The predicted octanol–water partition coefficient (Wildman–Crippen LogP) is 8.58. The average molecular weight is 490 g/mol. The first kappa shape index (κ1) is 29.0. The number of rotatable bonds is 12. The Morgan fingerprint density at radius 1 is 0.919 bits per heavy atom. The van der Waals surface area contributed by atoms with Crippen molar-refractivity contribution in [3.63, 3.8) is 0 Å². The highest BCUT2D eigenvalue weighted by molar-refractivity contribution is 6.31. The van der Waals surface area contributed by atoms with Crippen molar-refractivity contribution in [3.05, 3.63) is 144 Å². The lowest BCUT2D eigenvalue weighted by Crippen LogP contribution is -2.18. The minimum Gasteiger partial charge on any atom is -0.366 e. The van der Waals surface area contributed by atoms with Gasteiger partial charge in [0.05, 0.1) is 5.71 Å². The Kier molecular flexibility index (Phi) is 11.8. The van der Waals surface area contributed by atoms with Crippen LogP contribution < -0.4 is 5.32 Å². The van der Waals surface area contributed by atoms with Gasteiger partial charge < -0.3 is 5.32 Å². The zero-order chi connectivity index (χ0) is 27.2. The fourth-order valence-corrected chi connectivity index (χ4v) is 3.83. The molecule has 0 heterocycles. The molecule has 1 N–H and O–H groups in total. The minimum atomic E-state index is 0.566. The SMILES string of the molecule is C=C/C=C(C(C)=NC)/C(=N/C(=C)NCc1ccc(-c2ccccc2)cc1)C(=C\C)/C(/C=C\C)=C(\C)C=C. The van der Waals surface area contributed by atoms with Crippen LogP contribution in [0.15, 0.2) is 149 Å². The van der Waals surface area contributed by atoms with E-state index in [1.807, 2.05) is 52.0 Å². The highest BCUT2D eigenvalue weighted by Crippen LogP contribution is 2.25. The van der Waals surface area contributed by atoms with Crippen LogP contribution in [0.2, 0.25) is 0 Å². The lowest BCUT2D eigenvalue weighted by atomic mass is 9.90. The van der Waals surface area contributed by atoms with Gasteiger partial charge in [-0.1, -0.05) is 111 Å². The predicted molar refractivity (Wildman–Crippen MR) is 164 cm³/mol. The molecular weight excluding hydrogens is 450 g/mol. The van der Waals surface area contributed by atoms with Crippen LogP contribution in [0.5, 0.6) is 0 Å². The molecule has 0 unspecified atom stereocenters. The van der Waals surface area contributed by atoms with E-state index in [0.29, 0.717) is 12.4 Å². The van der Waals surface area contributed by atoms with Crippen LogP contribution in [0, 0.1) is 0 Å². The van der Waals surface area contributed by atoms with Crippen molar-refractivity contribution < 1.29 is 0 Å². The van der Waals surface area contributed by atoms with Gasteiger partial charge in [0.25, 0.3) is 0 Å². The topological polar surface area (TPSA) is 36.8 Å². The molecule has 0 saturated heterocycles. The number of nitrogens with zero attached hydrogens (tertiary/aromatic N) is 2. The Bertz CT molecular complexity index is 1280. The van der Waals surface area contributed by atoms with Crippen LogP contribution in [-0.4, -0.2) is 18.5 Å². The maximum atomic E-state index is 4.98. The van der Waals surface area contributed by atoms with Crippen molar-refractivity contribution >= 4 is 11.4 Å². The van der Waals surface area contributed by atoms with Gasteiger partial charge in [-0.15, -0.1) is 0 Å². The lowest BCUT2D eigenvalue weighted by molar-refractivity contribution is 0.805. The first-order valence-electron chi connectivity index (χ1n) is 12.5. The maximum absolute atomic E-state index is 4.98. The van der Waals surface area contributed by atoms with Gasteiger partial charge in [-0.2, -0.15) is 0 Å². The zero-order valence-corrected chi connectivity index (χ0v) is 22.9. The molecule has 190 valence electrons. The normalized spacial score (nSPS) is 13.9. The number of aliphatic imine (C=N–C) groups is 2. The van der Waals surface area contributed by atoms with Crippen LogP contribution >= 0.6 is 0 Å². The van der Waals surface area contributed by atoms with Crippen LogP contribution in [0.25, 0.3) is 11.1 Å². The van der Waals surface area contributed by atoms with Crippen LogP contribution in [0.3, 0.4) is 0 Å². The molecule has 0 aromatic heterocycles. The number of nitrogens with one attached hydrogen (secondary N) is 1. The molecule has 0 bridgehead atoms. The first-order valence-corrected chi connectivity index (χ1v) is 12.5. The standard InChI is InChI=1S/C34H39N3/c1-9-16-32(25(5)11-3)31(12-4)34(33(17-10-2)26(6)35-8)37-27(7)36-24-28-20-22-30(23-21-28)29-18-14-13-15-19-29/h9-23,36H,2-3,7,24H2,1,4-6,8H3/b16-9-,31-12-,32-25+,33-17+,35-26?,37-34+. The summed E-state index contributed by atoms with van der Waals surface area (Å²) in [6, 6.07) is 18.9. The second-order valence-electron chi connectivity index (χ2n) is 8.45. The van der Waals surface area contributed by atoms with E-state index in [1.165, 1.54) is 11.1 Å². The highest BCUT2D eigenvalue weighted by atomic mass is 15.0. The minimum absolute atomic E-state index is 0.566. The van der Waals surface area contributed by atoms with E-state index in [4.69, 9.17) is 4.99 Å². The third-order valence-corrected chi connectivity index (χ3v) is 5.97. The molecule has 0 spiro atoms. The zero-order valence-electron chi connectivity index (χ0n) is 22.9. The molecule has 3 nitrogen and oxygen atoms in total. The molecule has 0 aliphatic carbocycles. The Labute approximate surface area is 223 Å². The molecule has 2 aromatic rings. The largest absolute Gasteiger partial charge is 0.366 e. The van der Waals surface area contributed by atoms with Crippen molar-refractivity contribution in [2.45, 2.75) is 34.2 Å². The fourth-order valence-electron chi connectivity index (χ4n) is 3.83. The molecule has 3 heteroatoms. The molecule has 0 atom stereocenters. The van der Waals surface area contributed by atoms with Gasteiger partial charge >= 0.3 is 0 Å². The number of allylic oxidation sites excluding steroid dienone is 10. The van der Waals surface area contributed by atoms with Crippen LogP contribution in [0.4, 0.5) is 0 Å². The second kappa shape index (κ2) is 15.0. The summed E-state index contributed by atoms with van der Waals surface area (Å²) in [6.07, 6.45) is 11.7. The van der Waals surface area contributed by atoms with Gasteiger partial charge in [0.2, 0.25) is 0 Å². The average Bonchev–Trinajstić information content (AvgIpc) is 2.94. The summed E-state index contributed by atoms with van der Waals surface area (Å²) >= 11 is 0. The smallest absolute Gasteiger partial charge is 0.119 e. The molecule has 0 saturated carbocycles. The third kappa shape index (κ3) is 8.15. The van der Waals surface area contributed by atoms with E-state index >= 15 is 0 Å². The van der Waals surface area contributed by atoms with Gasteiger partial charge in [0.15, 0.2) is 0 Å². The number of benzene rings is 2. The number of hydrogen-bond acceptors (Lipinski definition) is 3. The van der Waals surface area contributed by atoms with Crippen molar-refractivity contribution in [1.82, 2.24) is 5.32 Å². The summed E-state index contributed by atoms with van der Waals surface area (Å²) in [5.41, 5.74) is 9.14. The summed E-state index contributed by atoms with van der Waals surface area (Å²) in [7, 11) is 1.78. The fraction of sp³-hybridized carbons (Fsp3) is 0.176. The number of hydrogen-bond donors (Lipinski definition) is 1. The Hall–Kier alpha value is -4.24. The van der Waals surface area contributed by atoms with Gasteiger partial charge in [0.1, 0.15) is 5.82 Å². The van der Waals surface area contributed by atoms with Crippen molar-refractivity contribution in [2.24, 2.45) is 9.98 Å².